The fourth-order valence-corrected chi connectivity index (χ4v) is 3.24. The third-order valence-corrected chi connectivity index (χ3v) is 4.68. The fraction of sp³-hybridized carbons (Fsp3) is 0.647. The van der Waals surface area contributed by atoms with Crippen LogP contribution in [0.2, 0.25) is 0 Å². The molecular weight excluding hydrogens is 253 g/mol. The van der Waals surface area contributed by atoms with Gasteiger partial charge in [-0.05, 0) is 32.9 Å². The van der Waals surface area contributed by atoms with Crippen molar-refractivity contribution in [2.45, 2.75) is 63.6 Å². The summed E-state index contributed by atoms with van der Waals surface area (Å²) in [5, 5.41) is 10.4. The predicted octanol–water partition coefficient (Wildman–Crippen LogP) is 3.90. The van der Waals surface area contributed by atoms with E-state index in [9.17, 15) is 9.50 Å². The number of hydrogen-bond donors (Lipinski definition) is 1. The quantitative estimate of drug-likeness (QED) is 0.907. The highest BCUT2D eigenvalue weighted by Crippen LogP contribution is 2.29. The third-order valence-electron chi connectivity index (χ3n) is 4.68. The van der Waals surface area contributed by atoms with E-state index < -0.39 is 0 Å². The van der Waals surface area contributed by atoms with Gasteiger partial charge in [-0.25, -0.2) is 4.39 Å². The summed E-state index contributed by atoms with van der Waals surface area (Å²) < 4.78 is 13.9. The largest absolute Gasteiger partial charge is 0.391 e. The number of aliphatic hydroxyl groups excluding tert-OH is 1. The second kappa shape index (κ2) is 7.19. The van der Waals surface area contributed by atoms with Crippen molar-refractivity contribution in [1.29, 1.82) is 0 Å². The molecule has 0 amide bonds. The average Bonchev–Trinajstić information content (AvgIpc) is 2.42. The van der Waals surface area contributed by atoms with E-state index in [2.05, 4.69) is 4.90 Å². The number of benzene rings is 1. The molecule has 2 nitrogen and oxygen atoms in total. The Morgan fingerprint density at radius 2 is 1.80 bits per heavy atom. The first-order valence-corrected chi connectivity index (χ1v) is 7.75. The molecule has 112 valence electrons. The Morgan fingerprint density at radius 1 is 1.15 bits per heavy atom. The van der Waals surface area contributed by atoms with Gasteiger partial charge in [-0.2, -0.15) is 0 Å². The maximum Gasteiger partial charge on any atom is 0.127 e. The number of halogens is 1. The van der Waals surface area contributed by atoms with Crippen molar-refractivity contribution >= 4 is 0 Å². The topological polar surface area (TPSA) is 23.5 Å². The van der Waals surface area contributed by atoms with Crippen molar-refractivity contribution in [3.05, 3.63) is 35.6 Å². The lowest BCUT2D eigenvalue weighted by Crippen LogP contribution is -2.43. The molecule has 20 heavy (non-hydrogen) atoms. The molecule has 3 unspecified atom stereocenters. The third kappa shape index (κ3) is 3.58. The Balaban J connectivity index is 2.11. The average molecular weight is 279 g/mol. The van der Waals surface area contributed by atoms with Crippen LogP contribution in [0.5, 0.6) is 0 Å². The molecule has 0 heterocycles. The molecule has 3 heteroatoms. The molecule has 0 radical (unpaired) electrons. The van der Waals surface area contributed by atoms with E-state index in [1.165, 1.54) is 18.9 Å². The van der Waals surface area contributed by atoms with Gasteiger partial charge in [-0.15, -0.1) is 0 Å². The first-order chi connectivity index (χ1) is 9.61. The minimum absolute atomic E-state index is 0.0183. The highest BCUT2D eigenvalue weighted by molar-refractivity contribution is 5.20. The molecular formula is C17H26FNO. The molecule has 1 N–H and O–H groups in total. The Hall–Kier alpha value is -0.930. The molecule has 1 aliphatic carbocycles. The Kier molecular flexibility index (Phi) is 5.55. The molecule has 0 spiro atoms. The van der Waals surface area contributed by atoms with Gasteiger partial charge in [0.15, 0.2) is 0 Å². The zero-order valence-electron chi connectivity index (χ0n) is 12.6. The fourth-order valence-electron chi connectivity index (χ4n) is 3.24. The molecule has 1 saturated carbocycles. The molecule has 1 aromatic carbocycles. The van der Waals surface area contributed by atoms with Crippen LogP contribution in [0.1, 0.15) is 57.1 Å². The molecule has 2 rings (SSSR count). The molecule has 1 aliphatic rings. The lowest BCUT2D eigenvalue weighted by atomic mass is 9.92. The molecule has 0 bridgehead atoms. The van der Waals surface area contributed by atoms with Crippen molar-refractivity contribution in [2.24, 2.45) is 0 Å². The van der Waals surface area contributed by atoms with E-state index in [0.717, 1.165) is 25.7 Å². The van der Waals surface area contributed by atoms with Crippen LogP contribution in [-0.2, 0) is 0 Å². The van der Waals surface area contributed by atoms with Gasteiger partial charge in [-0.3, -0.25) is 4.90 Å². The van der Waals surface area contributed by atoms with E-state index in [0.29, 0.717) is 5.56 Å². The van der Waals surface area contributed by atoms with Crippen molar-refractivity contribution < 1.29 is 9.50 Å². The molecule has 1 fully saturated rings. The van der Waals surface area contributed by atoms with E-state index in [1.807, 2.05) is 26.1 Å². The lowest BCUT2D eigenvalue weighted by Gasteiger charge is -2.37. The first-order valence-electron chi connectivity index (χ1n) is 7.75. The van der Waals surface area contributed by atoms with Crippen molar-refractivity contribution in [2.75, 3.05) is 7.05 Å². The van der Waals surface area contributed by atoms with Crippen molar-refractivity contribution in [3.8, 4) is 0 Å². The first kappa shape index (κ1) is 15.5. The van der Waals surface area contributed by atoms with Crippen LogP contribution >= 0.6 is 0 Å². The van der Waals surface area contributed by atoms with Crippen LogP contribution in [0.4, 0.5) is 4.39 Å². The molecule has 1 aromatic rings. The van der Waals surface area contributed by atoms with Crippen LogP contribution in [-0.4, -0.2) is 29.2 Å². The summed E-state index contributed by atoms with van der Waals surface area (Å²) in [4.78, 5) is 2.15. The van der Waals surface area contributed by atoms with E-state index in [-0.39, 0.29) is 24.0 Å². The second-order valence-corrected chi connectivity index (χ2v) is 5.99. The van der Waals surface area contributed by atoms with E-state index >= 15 is 0 Å². The monoisotopic (exact) mass is 279 g/mol. The molecule has 0 aliphatic heterocycles. The molecule has 0 saturated heterocycles. The maximum atomic E-state index is 13.9. The number of rotatable bonds is 3. The number of likely N-dealkylation sites (N-methyl/N-ethyl adjacent to an activating group) is 1. The normalized spacial score (nSPS) is 26.1. The predicted molar refractivity (Wildman–Crippen MR) is 80.1 cm³/mol. The Bertz CT molecular complexity index is 423. The minimum Gasteiger partial charge on any atom is -0.391 e. The Labute approximate surface area is 121 Å². The van der Waals surface area contributed by atoms with Crippen LogP contribution < -0.4 is 0 Å². The van der Waals surface area contributed by atoms with Gasteiger partial charge in [0.05, 0.1) is 6.10 Å². The van der Waals surface area contributed by atoms with Crippen LogP contribution in [0.3, 0.4) is 0 Å². The highest BCUT2D eigenvalue weighted by atomic mass is 19.1. The van der Waals surface area contributed by atoms with Crippen LogP contribution in [0, 0.1) is 5.82 Å². The number of nitrogens with zero attached hydrogens (tertiary/aromatic N) is 1. The summed E-state index contributed by atoms with van der Waals surface area (Å²) in [5.74, 6) is -0.160. The van der Waals surface area contributed by atoms with Gasteiger partial charge in [0, 0.05) is 17.6 Å². The van der Waals surface area contributed by atoms with Gasteiger partial charge in [0.25, 0.3) is 0 Å². The Morgan fingerprint density at radius 3 is 2.50 bits per heavy atom. The zero-order chi connectivity index (χ0) is 14.5. The summed E-state index contributed by atoms with van der Waals surface area (Å²) in [5.41, 5.74) is 0.712. The molecule has 0 aromatic heterocycles. The van der Waals surface area contributed by atoms with Crippen LogP contribution in [0.15, 0.2) is 24.3 Å². The zero-order valence-corrected chi connectivity index (χ0v) is 12.6. The van der Waals surface area contributed by atoms with Crippen molar-refractivity contribution in [3.63, 3.8) is 0 Å². The van der Waals surface area contributed by atoms with Crippen LogP contribution in [0.25, 0.3) is 0 Å². The van der Waals surface area contributed by atoms with Gasteiger partial charge in [0.2, 0.25) is 0 Å². The lowest BCUT2D eigenvalue weighted by molar-refractivity contribution is 0.0260. The maximum absolute atomic E-state index is 13.9. The molecule has 3 atom stereocenters. The number of aliphatic hydroxyl groups is 1. The van der Waals surface area contributed by atoms with Gasteiger partial charge in [-0.1, -0.05) is 43.9 Å². The summed E-state index contributed by atoms with van der Waals surface area (Å²) in [7, 11) is 2.01. The van der Waals surface area contributed by atoms with Gasteiger partial charge < -0.3 is 5.11 Å². The van der Waals surface area contributed by atoms with Gasteiger partial charge >= 0.3 is 0 Å². The highest BCUT2D eigenvalue weighted by Gasteiger charge is 2.28. The second-order valence-electron chi connectivity index (χ2n) is 5.99. The standard InChI is InChI=1S/C17H26FNO/c1-13(14-9-7-8-10-15(14)18)19(2)16-11-5-3-4-6-12-17(16)20/h7-10,13,16-17,20H,3-6,11-12H2,1-2H3. The van der Waals surface area contributed by atoms with Gasteiger partial charge in [0.1, 0.15) is 5.82 Å². The minimum atomic E-state index is -0.297. The summed E-state index contributed by atoms with van der Waals surface area (Å²) in [6, 6.07) is 7.05. The SMILES string of the molecule is CC(c1ccccc1F)N(C)C1CCCCCCC1O. The smallest absolute Gasteiger partial charge is 0.127 e. The van der Waals surface area contributed by atoms with E-state index in [1.54, 1.807) is 6.07 Å². The summed E-state index contributed by atoms with van der Waals surface area (Å²) in [6.45, 7) is 2.02. The van der Waals surface area contributed by atoms with Crippen molar-refractivity contribution in [1.82, 2.24) is 4.90 Å². The number of hydrogen-bond acceptors (Lipinski definition) is 2. The summed E-state index contributed by atoms with van der Waals surface area (Å²) >= 11 is 0. The van der Waals surface area contributed by atoms with E-state index in [4.69, 9.17) is 0 Å². The summed E-state index contributed by atoms with van der Waals surface area (Å²) in [6.07, 6.45) is 6.27.